The normalized spacial score (nSPS) is 11.7. The lowest BCUT2D eigenvalue weighted by atomic mass is 10.2. The van der Waals surface area contributed by atoms with Gasteiger partial charge in [0.05, 0.1) is 16.7 Å². The molecule has 0 radical (unpaired) electrons. The first kappa shape index (κ1) is 12.7. The molecule has 5 nitrogen and oxygen atoms in total. The first-order valence-electron chi connectivity index (χ1n) is 6.46. The van der Waals surface area contributed by atoms with Gasteiger partial charge in [0.1, 0.15) is 17.8 Å². The molecule has 0 spiro atoms. The van der Waals surface area contributed by atoms with Crippen LogP contribution in [0.25, 0.3) is 22.6 Å². The number of nitrogens with zero attached hydrogens (tertiary/aromatic N) is 4. The second kappa shape index (κ2) is 4.33. The van der Waals surface area contributed by atoms with E-state index in [1.807, 2.05) is 25.3 Å². The van der Waals surface area contributed by atoms with Crippen LogP contribution in [0.1, 0.15) is 25.6 Å². The molecular weight excluding hydrogens is 257 g/mol. The highest BCUT2D eigenvalue weighted by atomic mass is 19.1. The van der Waals surface area contributed by atoms with Crippen molar-refractivity contribution in [1.29, 1.82) is 0 Å². The lowest BCUT2D eigenvalue weighted by Crippen LogP contribution is -2.12. The lowest BCUT2D eigenvalue weighted by molar-refractivity contribution is 0.611. The number of hydrogen-bond acceptors (Lipinski definition) is 3. The van der Waals surface area contributed by atoms with E-state index in [4.69, 9.17) is 5.84 Å². The van der Waals surface area contributed by atoms with E-state index < -0.39 is 0 Å². The molecule has 0 atom stereocenters. The summed E-state index contributed by atoms with van der Waals surface area (Å²) < 4.78 is 16.9. The Bertz CT molecular complexity index is 765. The smallest absolute Gasteiger partial charge is 0.161 e. The number of fused-ring (bicyclic) bond motifs is 1. The summed E-state index contributed by atoms with van der Waals surface area (Å²) in [4.78, 5) is 8.79. The van der Waals surface area contributed by atoms with E-state index in [0.717, 1.165) is 22.4 Å². The van der Waals surface area contributed by atoms with Crippen LogP contribution in [-0.4, -0.2) is 19.2 Å². The van der Waals surface area contributed by atoms with Crippen LogP contribution < -0.4 is 5.84 Å². The molecule has 1 aromatic carbocycles. The zero-order chi connectivity index (χ0) is 14.4. The molecule has 3 aromatic rings. The Balaban J connectivity index is 2.39. The van der Waals surface area contributed by atoms with Gasteiger partial charge in [-0.3, -0.25) is 0 Å². The Labute approximate surface area is 115 Å². The van der Waals surface area contributed by atoms with E-state index >= 15 is 0 Å². The Kier molecular flexibility index (Phi) is 2.74. The third kappa shape index (κ3) is 1.76. The summed E-state index contributed by atoms with van der Waals surface area (Å²) in [6, 6.07) is 4.72. The average molecular weight is 273 g/mol. The molecule has 0 saturated carbocycles. The van der Waals surface area contributed by atoms with Gasteiger partial charge in [-0.25, -0.2) is 19.0 Å². The molecule has 0 fully saturated rings. The summed E-state index contributed by atoms with van der Waals surface area (Å²) in [5.74, 6) is 6.35. The molecule has 6 heteroatoms. The maximum atomic E-state index is 13.5. The topological polar surface area (TPSA) is 61.7 Å². The molecule has 0 aliphatic rings. The first-order valence-corrected chi connectivity index (χ1v) is 6.46. The molecule has 0 aliphatic carbocycles. The predicted octanol–water partition coefficient (Wildman–Crippen LogP) is 2.64. The van der Waals surface area contributed by atoms with Gasteiger partial charge in [0.25, 0.3) is 0 Å². The number of nitrogen functional groups attached to an aromatic ring is 1. The second-order valence-corrected chi connectivity index (χ2v) is 5.12. The number of halogens is 1. The summed E-state index contributed by atoms with van der Waals surface area (Å²) in [6.45, 7) is 5.94. The Morgan fingerprint density at radius 2 is 2.05 bits per heavy atom. The van der Waals surface area contributed by atoms with Gasteiger partial charge in [-0.2, -0.15) is 0 Å². The molecule has 0 unspecified atom stereocenters. The van der Waals surface area contributed by atoms with E-state index in [2.05, 4.69) is 9.97 Å². The fourth-order valence-corrected chi connectivity index (χ4v) is 2.49. The highest BCUT2D eigenvalue weighted by Crippen LogP contribution is 2.29. The summed E-state index contributed by atoms with van der Waals surface area (Å²) >= 11 is 0. The third-order valence-corrected chi connectivity index (χ3v) is 3.36. The molecule has 0 aliphatic heterocycles. The van der Waals surface area contributed by atoms with Crippen LogP contribution in [0.3, 0.4) is 0 Å². The maximum Gasteiger partial charge on any atom is 0.161 e. The van der Waals surface area contributed by atoms with Crippen molar-refractivity contribution in [3.8, 4) is 11.5 Å². The fraction of sp³-hybridized carbons (Fsp3) is 0.286. The van der Waals surface area contributed by atoms with E-state index in [0.29, 0.717) is 5.82 Å². The zero-order valence-electron chi connectivity index (χ0n) is 11.6. The van der Waals surface area contributed by atoms with Gasteiger partial charge >= 0.3 is 0 Å². The second-order valence-electron chi connectivity index (χ2n) is 5.12. The van der Waals surface area contributed by atoms with Crippen molar-refractivity contribution in [2.24, 2.45) is 0 Å². The van der Waals surface area contributed by atoms with Crippen molar-refractivity contribution < 1.29 is 4.39 Å². The molecule has 104 valence electrons. The number of aromatic nitrogens is 4. The average Bonchev–Trinajstić information content (AvgIpc) is 2.89. The predicted molar refractivity (Wildman–Crippen MR) is 76.2 cm³/mol. The van der Waals surface area contributed by atoms with Crippen LogP contribution in [0.15, 0.2) is 24.5 Å². The van der Waals surface area contributed by atoms with Crippen molar-refractivity contribution in [3.05, 3.63) is 36.0 Å². The summed E-state index contributed by atoms with van der Waals surface area (Å²) in [5.41, 5.74) is 3.05. The largest absolute Gasteiger partial charge is 0.338 e. The van der Waals surface area contributed by atoms with Gasteiger partial charge in [-0.05, 0) is 39.0 Å². The molecule has 0 amide bonds. The minimum Gasteiger partial charge on any atom is -0.338 e. The first-order chi connectivity index (χ1) is 9.49. The van der Waals surface area contributed by atoms with Crippen LogP contribution in [0.4, 0.5) is 4.39 Å². The lowest BCUT2D eigenvalue weighted by Gasteiger charge is -2.13. The molecule has 3 rings (SSSR count). The van der Waals surface area contributed by atoms with Crippen molar-refractivity contribution in [2.75, 3.05) is 5.84 Å². The number of imidazole rings is 2. The van der Waals surface area contributed by atoms with Crippen molar-refractivity contribution >= 4 is 11.0 Å². The van der Waals surface area contributed by atoms with Gasteiger partial charge in [0, 0.05) is 6.04 Å². The molecule has 2 N–H and O–H groups in total. The van der Waals surface area contributed by atoms with E-state index in [1.54, 1.807) is 12.4 Å². The van der Waals surface area contributed by atoms with Gasteiger partial charge < -0.3 is 10.4 Å². The Morgan fingerprint density at radius 1 is 1.30 bits per heavy atom. The number of hydrogen-bond donors (Lipinski definition) is 1. The zero-order valence-corrected chi connectivity index (χ0v) is 11.6. The fourth-order valence-electron chi connectivity index (χ4n) is 2.49. The van der Waals surface area contributed by atoms with Crippen LogP contribution >= 0.6 is 0 Å². The molecular formula is C14H16FN5. The van der Waals surface area contributed by atoms with Crippen LogP contribution in [0, 0.1) is 12.7 Å². The number of rotatable bonds is 2. The summed E-state index contributed by atoms with van der Waals surface area (Å²) in [5, 5.41) is 0. The van der Waals surface area contributed by atoms with Crippen LogP contribution in [0.5, 0.6) is 0 Å². The highest BCUT2D eigenvalue weighted by molar-refractivity contribution is 5.80. The SMILES string of the molecule is Cc1ncn(N)c1-c1nc2ccc(F)cc2n1C(C)C. The minimum atomic E-state index is -0.274. The number of nitrogens with two attached hydrogens (primary N) is 1. The van der Waals surface area contributed by atoms with Crippen LogP contribution in [-0.2, 0) is 0 Å². The maximum absolute atomic E-state index is 13.5. The molecule has 0 saturated heterocycles. The van der Waals surface area contributed by atoms with E-state index in [1.165, 1.54) is 16.8 Å². The quantitative estimate of drug-likeness (QED) is 0.730. The van der Waals surface area contributed by atoms with Gasteiger partial charge in [0.15, 0.2) is 5.82 Å². The molecule has 0 bridgehead atoms. The third-order valence-electron chi connectivity index (χ3n) is 3.36. The monoisotopic (exact) mass is 273 g/mol. The van der Waals surface area contributed by atoms with Crippen molar-refractivity contribution in [1.82, 2.24) is 19.2 Å². The molecule has 20 heavy (non-hydrogen) atoms. The standard InChI is InChI=1S/C14H16FN5/c1-8(2)20-12-6-10(15)4-5-11(12)18-14(20)13-9(3)17-7-19(13)16/h4-8H,16H2,1-3H3. The highest BCUT2D eigenvalue weighted by Gasteiger charge is 2.20. The van der Waals surface area contributed by atoms with Crippen molar-refractivity contribution in [2.45, 2.75) is 26.8 Å². The van der Waals surface area contributed by atoms with Gasteiger partial charge in [-0.15, -0.1) is 0 Å². The summed E-state index contributed by atoms with van der Waals surface area (Å²) in [6.07, 6.45) is 1.55. The van der Waals surface area contributed by atoms with Crippen LogP contribution in [0.2, 0.25) is 0 Å². The van der Waals surface area contributed by atoms with Gasteiger partial charge in [-0.1, -0.05) is 0 Å². The Hall–Kier alpha value is -2.37. The summed E-state index contributed by atoms with van der Waals surface area (Å²) in [7, 11) is 0. The number of benzene rings is 1. The molecule has 2 aromatic heterocycles. The van der Waals surface area contributed by atoms with Gasteiger partial charge in [0.2, 0.25) is 0 Å². The van der Waals surface area contributed by atoms with E-state index in [9.17, 15) is 4.39 Å². The number of aryl methyl sites for hydroxylation is 1. The molecule has 2 heterocycles. The minimum absolute atomic E-state index is 0.131. The Morgan fingerprint density at radius 3 is 2.65 bits per heavy atom. The van der Waals surface area contributed by atoms with Crippen molar-refractivity contribution in [3.63, 3.8) is 0 Å². The van der Waals surface area contributed by atoms with E-state index in [-0.39, 0.29) is 11.9 Å².